The zero-order valence-electron chi connectivity index (χ0n) is 12.8. The Morgan fingerprint density at radius 1 is 1.09 bits per heavy atom. The van der Waals surface area contributed by atoms with Crippen molar-refractivity contribution in [1.82, 2.24) is 4.98 Å². The van der Waals surface area contributed by atoms with E-state index in [1.165, 1.54) is 16.9 Å². The quantitative estimate of drug-likeness (QED) is 0.594. The standard InChI is InChI=1S/C20H16N2S/c1-15(16-8-4-2-5-9-16)12-18(13-21)20-22-19(14-23-20)17-10-6-3-7-11-17/h2-12,14-15H,1H3. The monoisotopic (exact) mass is 316 g/mol. The topological polar surface area (TPSA) is 36.7 Å². The Balaban J connectivity index is 1.89. The fourth-order valence-corrected chi connectivity index (χ4v) is 3.20. The van der Waals surface area contributed by atoms with E-state index in [9.17, 15) is 5.26 Å². The highest BCUT2D eigenvalue weighted by molar-refractivity contribution is 7.11. The molecule has 2 nitrogen and oxygen atoms in total. The summed E-state index contributed by atoms with van der Waals surface area (Å²) in [5, 5.41) is 12.3. The van der Waals surface area contributed by atoms with Crippen LogP contribution in [0.1, 0.15) is 23.4 Å². The fraction of sp³-hybridized carbons (Fsp3) is 0.100. The predicted octanol–water partition coefficient (Wildman–Crippen LogP) is 5.52. The van der Waals surface area contributed by atoms with Crippen molar-refractivity contribution in [2.24, 2.45) is 0 Å². The molecule has 0 fully saturated rings. The van der Waals surface area contributed by atoms with Gasteiger partial charge < -0.3 is 0 Å². The zero-order chi connectivity index (χ0) is 16.1. The number of hydrogen-bond acceptors (Lipinski definition) is 3. The number of nitriles is 1. The van der Waals surface area contributed by atoms with E-state index in [0.29, 0.717) is 5.57 Å². The molecule has 1 atom stereocenters. The van der Waals surface area contributed by atoms with E-state index in [2.05, 4.69) is 30.1 Å². The molecular formula is C20H16N2S. The molecular weight excluding hydrogens is 300 g/mol. The van der Waals surface area contributed by atoms with Crippen LogP contribution in [-0.4, -0.2) is 4.98 Å². The van der Waals surface area contributed by atoms with Gasteiger partial charge in [-0.25, -0.2) is 4.98 Å². The van der Waals surface area contributed by atoms with Crippen molar-refractivity contribution in [2.75, 3.05) is 0 Å². The Bertz CT molecular complexity index is 842. The van der Waals surface area contributed by atoms with Crippen LogP contribution in [0.4, 0.5) is 0 Å². The van der Waals surface area contributed by atoms with Crippen molar-refractivity contribution in [2.45, 2.75) is 12.8 Å². The van der Waals surface area contributed by atoms with Gasteiger partial charge in [-0.15, -0.1) is 11.3 Å². The van der Waals surface area contributed by atoms with Crippen LogP contribution in [-0.2, 0) is 0 Å². The van der Waals surface area contributed by atoms with Gasteiger partial charge in [-0.2, -0.15) is 5.26 Å². The number of benzene rings is 2. The molecule has 3 heteroatoms. The summed E-state index contributed by atoms with van der Waals surface area (Å²) in [6, 6.07) is 22.5. The van der Waals surface area contributed by atoms with Crippen molar-refractivity contribution >= 4 is 16.9 Å². The Labute approximate surface area is 140 Å². The van der Waals surface area contributed by atoms with E-state index >= 15 is 0 Å². The summed E-state index contributed by atoms with van der Waals surface area (Å²) in [7, 11) is 0. The highest BCUT2D eigenvalue weighted by Gasteiger charge is 2.11. The van der Waals surface area contributed by atoms with Gasteiger partial charge in [0.15, 0.2) is 0 Å². The lowest BCUT2D eigenvalue weighted by Gasteiger charge is -2.06. The van der Waals surface area contributed by atoms with Crippen LogP contribution in [0.25, 0.3) is 16.8 Å². The summed E-state index contributed by atoms with van der Waals surface area (Å²) >= 11 is 1.51. The van der Waals surface area contributed by atoms with Crippen LogP contribution < -0.4 is 0 Å². The first kappa shape index (κ1) is 15.2. The van der Waals surface area contributed by atoms with Gasteiger partial charge in [0.1, 0.15) is 11.1 Å². The zero-order valence-corrected chi connectivity index (χ0v) is 13.6. The molecule has 0 radical (unpaired) electrons. The molecule has 1 aromatic heterocycles. The highest BCUT2D eigenvalue weighted by atomic mass is 32.1. The normalized spacial score (nSPS) is 12.6. The molecule has 1 heterocycles. The molecule has 1 unspecified atom stereocenters. The van der Waals surface area contributed by atoms with Crippen LogP contribution in [0.15, 0.2) is 72.1 Å². The molecule has 0 spiro atoms. The van der Waals surface area contributed by atoms with E-state index in [1.807, 2.05) is 60.0 Å². The smallest absolute Gasteiger partial charge is 0.134 e. The summed E-state index contributed by atoms with van der Waals surface area (Å²) in [5.74, 6) is 0.176. The first-order chi connectivity index (χ1) is 11.3. The van der Waals surface area contributed by atoms with Gasteiger partial charge in [0.2, 0.25) is 0 Å². The Morgan fingerprint density at radius 2 is 1.74 bits per heavy atom. The number of rotatable bonds is 4. The third-order valence-corrected chi connectivity index (χ3v) is 4.54. The first-order valence-corrected chi connectivity index (χ1v) is 8.34. The van der Waals surface area contributed by atoms with Crippen LogP contribution >= 0.6 is 11.3 Å². The van der Waals surface area contributed by atoms with Gasteiger partial charge in [-0.05, 0) is 5.56 Å². The van der Waals surface area contributed by atoms with Crippen LogP contribution in [0.3, 0.4) is 0 Å². The number of aromatic nitrogens is 1. The lowest BCUT2D eigenvalue weighted by Crippen LogP contribution is -1.91. The van der Waals surface area contributed by atoms with Gasteiger partial charge in [0, 0.05) is 16.9 Å². The third kappa shape index (κ3) is 3.56. The van der Waals surface area contributed by atoms with Crippen LogP contribution in [0.2, 0.25) is 0 Å². The fourth-order valence-electron chi connectivity index (χ4n) is 2.40. The second kappa shape index (κ2) is 7.04. The summed E-state index contributed by atoms with van der Waals surface area (Å²) in [5.41, 5.74) is 3.82. The van der Waals surface area contributed by atoms with Crippen molar-refractivity contribution in [3.8, 4) is 17.3 Å². The molecule has 2 aromatic carbocycles. The molecule has 0 N–H and O–H groups in total. The first-order valence-electron chi connectivity index (χ1n) is 7.46. The lowest BCUT2D eigenvalue weighted by molar-refractivity contribution is 0.970. The number of thiazole rings is 1. The van der Waals surface area contributed by atoms with Crippen LogP contribution in [0, 0.1) is 11.3 Å². The molecule has 0 saturated heterocycles. The van der Waals surface area contributed by atoms with Crippen molar-refractivity contribution in [3.05, 3.63) is 82.7 Å². The van der Waals surface area contributed by atoms with Crippen molar-refractivity contribution < 1.29 is 0 Å². The maximum absolute atomic E-state index is 9.50. The number of allylic oxidation sites excluding steroid dienone is 2. The summed E-state index contributed by atoms with van der Waals surface area (Å²) in [4.78, 5) is 4.63. The maximum atomic E-state index is 9.50. The van der Waals surface area contributed by atoms with Crippen molar-refractivity contribution in [3.63, 3.8) is 0 Å². The Morgan fingerprint density at radius 3 is 2.39 bits per heavy atom. The van der Waals surface area contributed by atoms with Gasteiger partial charge in [0.25, 0.3) is 0 Å². The van der Waals surface area contributed by atoms with Gasteiger partial charge in [0.05, 0.1) is 11.3 Å². The van der Waals surface area contributed by atoms with Crippen LogP contribution in [0.5, 0.6) is 0 Å². The molecule has 0 amide bonds. The minimum absolute atomic E-state index is 0.176. The number of hydrogen-bond donors (Lipinski definition) is 0. The van der Waals surface area contributed by atoms with E-state index in [0.717, 1.165) is 16.3 Å². The third-order valence-electron chi connectivity index (χ3n) is 3.67. The summed E-state index contributed by atoms with van der Waals surface area (Å²) in [6.07, 6.45) is 1.99. The summed E-state index contributed by atoms with van der Waals surface area (Å²) < 4.78 is 0. The largest absolute Gasteiger partial charge is 0.235 e. The molecule has 0 bridgehead atoms. The SMILES string of the molecule is CC(C=C(C#N)c1nc(-c2ccccc2)cs1)c1ccccc1. The Kier molecular flexibility index (Phi) is 4.65. The minimum Gasteiger partial charge on any atom is -0.235 e. The second-order valence-electron chi connectivity index (χ2n) is 5.30. The van der Waals surface area contributed by atoms with E-state index in [1.54, 1.807) is 0 Å². The van der Waals surface area contributed by atoms with Gasteiger partial charge in [-0.1, -0.05) is 73.7 Å². The van der Waals surface area contributed by atoms with E-state index in [4.69, 9.17) is 0 Å². The highest BCUT2D eigenvalue weighted by Crippen LogP contribution is 2.28. The van der Waals surface area contributed by atoms with Crippen molar-refractivity contribution in [1.29, 1.82) is 5.26 Å². The Hall–Kier alpha value is -2.70. The van der Waals surface area contributed by atoms with E-state index in [-0.39, 0.29) is 5.92 Å². The predicted molar refractivity (Wildman–Crippen MR) is 96.0 cm³/mol. The molecule has 0 aliphatic carbocycles. The van der Waals surface area contributed by atoms with Gasteiger partial charge >= 0.3 is 0 Å². The molecule has 0 aliphatic heterocycles. The average molecular weight is 316 g/mol. The van der Waals surface area contributed by atoms with Gasteiger partial charge in [-0.3, -0.25) is 0 Å². The molecule has 112 valence electrons. The molecule has 23 heavy (non-hydrogen) atoms. The summed E-state index contributed by atoms with van der Waals surface area (Å²) in [6.45, 7) is 2.10. The number of nitrogens with zero attached hydrogens (tertiary/aromatic N) is 2. The minimum atomic E-state index is 0.176. The second-order valence-corrected chi connectivity index (χ2v) is 6.15. The molecule has 3 rings (SSSR count). The lowest BCUT2D eigenvalue weighted by atomic mass is 9.99. The molecule has 0 saturated carbocycles. The van der Waals surface area contributed by atoms with E-state index < -0.39 is 0 Å². The molecule has 0 aliphatic rings. The average Bonchev–Trinajstić information content (AvgIpc) is 3.11. The maximum Gasteiger partial charge on any atom is 0.134 e. The molecule has 3 aromatic rings.